The smallest absolute Gasteiger partial charge is 0.211 e. The van der Waals surface area contributed by atoms with Crippen molar-refractivity contribution in [2.75, 3.05) is 32.4 Å². The van der Waals surface area contributed by atoms with Crippen LogP contribution in [0.15, 0.2) is 0 Å². The van der Waals surface area contributed by atoms with E-state index < -0.39 is 10.0 Å². The molecule has 0 aromatic carbocycles. The zero-order chi connectivity index (χ0) is 13.3. The van der Waals surface area contributed by atoms with Gasteiger partial charge in [-0.1, -0.05) is 33.6 Å². The summed E-state index contributed by atoms with van der Waals surface area (Å²) in [5.41, 5.74) is 0. The summed E-state index contributed by atoms with van der Waals surface area (Å²) >= 11 is 0. The fourth-order valence-electron chi connectivity index (χ4n) is 1.82. The molecule has 0 radical (unpaired) electrons. The van der Waals surface area contributed by atoms with Crippen LogP contribution in [0.3, 0.4) is 0 Å². The Labute approximate surface area is 107 Å². The lowest BCUT2D eigenvalue weighted by Gasteiger charge is -2.18. The average Bonchev–Trinajstić information content (AvgIpc) is 2.26. The van der Waals surface area contributed by atoms with Gasteiger partial charge in [0.1, 0.15) is 0 Å². The van der Waals surface area contributed by atoms with E-state index in [4.69, 9.17) is 0 Å². The summed E-state index contributed by atoms with van der Waals surface area (Å²) < 4.78 is 24.2. The van der Waals surface area contributed by atoms with E-state index in [0.29, 0.717) is 13.1 Å². The first-order chi connectivity index (χ1) is 7.95. The van der Waals surface area contributed by atoms with Gasteiger partial charge >= 0.3 is 0 Å². The molecule has 0 amide bonds. The molecule has 0 atom stereocenters. The lowest BCUT2D eigenvalue weighted by Crippen LogP contribution is -2.33. The summed E-state index contributed by atoms with van der Waals surface area (Å²) in [6, 6.07) is 0. The fourth-order valence-corrected chi connectivity index (χ4v) is 2.75. The van der Waals surface area contributed by atoms with Crippen molar-refractivity contribution in [2.45, 2.75) is 40.0 Å². The molecule has 104 valence electrons. The van der Waals surface area contributed by atoms with Crippen molar-refractivity contribution in [3.05, 3.63) is 0 Å². The van der Waals surface area contributed by atoms with E-state index >= 15 is 0 Å². The standard InChI is InChI=1S/C12H28N2O2S/c1-5-12(6-2)11-13-9-8-10-14(7-3)17(4,15)16/h12-13H,5-11H2,1-4H3. The second-order valence-electron chi connectivity index (χ2n) is 4.49. The first-order valence-corrected chi connectivity index (χ1v) is 8.46. The van der Waals surface area contributed by atoms with Crippen molar-refractivity contribution in [1.29, 1.82) is 0 Å². The van der Waals surface area contributed by atoms with Crippen LogP contribution in [-0.2, 0) is 10.0 Å². The van der Waals surface area contributed by atoms with E-state index in [2.05, 4.69) is 19.2 Å². The van der Waals surface area contributed by atoms with Crippen LogP contribution in [0.1, 0.15) is 40.0 Å². The Kier molecular flexibility index (Phi) is 8.82. The maximum atomic E-state index is 11.3. The van der Waals surface area contributed by atoms with Gasteiger partial charge < -0.3 is 5.32 Å². The Morgan fingerprint density at radius 1 is 1.18 bits per heavy atom. The van der Waals surface area contributed by atoms with E-state index in [1.165, 1.54) is 23.4 Å². The third kappa shape index (κ3) is 7.73. The molecule has 5 heteroatoms. The molecule has 0 aliphatic rings. The minimum atomic E-state index is -3.02. The van der Waals surface area contributed by atoms with Gasteiger partial charge in [0.05, 0.1) is 6.26 Å². The second kappa shape index (κ2) is 8.89. The van der Waals surface area contributed by atoms with Crippen LogP contribution in [0, 0.1) is 5.92 Å². The Bertz CT molecular complexity index is 274. The molecule has 0 fully saturated rings. The van der Waals surface area contributed by atoms with Crippen molar-refractivity contribution in [1.82, 2.24) is 9.62 Å². The predicted molar refractivity (Wildman–Crippen MR) is 73.6 cm³/mol. The maximum Gasteiger partial charge on any atom is 0.211 e. The Hall–Kier alpha value is -0.130. The normalized spacial score (nSPS) is 12.6. The molecule has 17 heavy (non-hydrogen) atoms. The highest BCUT2D eigenvalue weighted by Crippen LogP contribution is 2.05. The molecule has 0 unspecified atom stereocenters. The molecule has 4 nitrogen and oxygen atoms in total. The molecule has 0 aliphatic carbocycles. The largest absolute Gasteiger partial charge is 0.316 e. The van der Waals surface area contributed by atoms with Crippen LogP contribution in [0.2, 0.25) is 0 Å². The zero-order valence-electron chi connectivity index (χ0n) is 11.7. The quantitative estimate of drug-likeness (QED) is 0.611. The molecule has 0 aromatic heterocycles. The van der Waals surface area contributed by atoms with Crippen molar-refractivity contribution >= 4 is 10.0 Å². The molecular formula is C12H28N2O2S. The number of sulfonamides is 1. The number of hydrogen-bond acceptors (Lipinski definition) is 3. The minimum Gasteiger partial charge on any atom is -0.316 e. The van der Waals surface area contributed by atoms with Gasteiger partial charge in [-0.05, 0) is 25.4 Å². The topological polar surface area (TPSA) is 49.4 Å². The van der Waals surface area contributed by atoms with Crippen molar-refractivity contribution in [2.24, 2.45) is 5.92 Å². The van der Waals surface area contributed by atoms with Gasteiger partial charge in [-0.2, -0.15) is 0 Å². The van der Waals surface area contributed by atoms with Crippen molar-refractivity contribution in [3.8, 4) is 0 Å². The fraction of sp³-hybridized carbons (Fsp3) is 1.00. The summed E-state index contributed by atoms with van der Waals surface area (Å²) in [7, 11) is -3.02. The average molecular weight is 264 g/mol. The number of rotatable bonds is 10. The van der Waals surface area contributed by atoms with Crippen molar-refractivity contribution < 1.29 is 8.42 Å². The third-order valence-electron chi connectivity index (χ3n) is 3.17. The lowest BCUT2D eigenvalue weighted by atomic mass is 10.0. The Morgan fingerprint density at radius 2 is 1.76 bits per heavy atom. The summed E-state index contributed by atoms with van der Waals surface area (Å²) in [6.07, 6.45) is 4.55. The third-order valence-corrected chi connectivity index (χ3v) is 4.55. The molecule has 0 aliphatic heterocycles. The highest BCUT2D eigenvalue weighted by atomic mass is 32.2. The lowest BCUT2D eigenvalue weighted by molar-refractivity contribution is 0.404. The Balaban J connectivity index is 3.70. The minimum absolute atomic E-state index is 0.561. The number of hydrogen-bond donors (Lipinski definition) is 1. The van der Waals surface area contributed by atoms with Crippen LogP contribution in [-0.4, -0.2) is 45.2 Å². The molecule has 1 N–H and O–H groups in total. The van der Waals surface area contributed by atoms with Gasteiger partial charge in [-0.25, -0.2) is 12.7 Å². The molecule has 0 saturated heterocycles. The van der Waals surface area contributed by atoms with Crippen LogP contribution in [0.4, 0.5) is 0 Å². The maximum absolute atomic E-state index is 11.3. The van der Waals surface area contributed by atoms with Gasteiger partial charge in [0, 0.05) is 13.1 Å². The highest BCUT2D eigenvalue weighted by molar-refractivity contribution is 7.88. The van der Waals surface area contributed by atoms with E-state index in [0.717, 1.165) is 25.4 Å². The molecule has 0 heterocycles. The Morgan fingerprint density at radius 3 is 2.18 bits per heavy atom. The number of nitrogens with zero attached hydrogens (tertiary/aromatic N) is 1. The van der Waals surface area contributed by atoms with E-state index in [1.54, 1.807) is 0 Å². The molecule has 0 aromatic rings. The van der Waals surface area contributed by atoms with Crippen LogP contribution < -0.4 is 5.32 Å². The number of nitrogens with one attached hydrogen (secondary N) is 1. The molecule has 0 spiro atoms. The van der Waals surface area contributed by atoms with Gasteiger partial charge in [-0.3, -0.25) is 0 Å². The van der Waals surface area contributed by atoms with Crippen molar-refractivity contribution in [3.63, 3.8) is 0 Å². The molecule has 0 bridgehead atoms. The van der Waals surface area contributed by atoms with E-state index in [-0.39, 0.29) is 0 Å². The first kappa shape index (κ1) is 16.9. The molecular weight excluding hydrogens is 236 g/mol. The first-order valence-electron chi connectivity index (χ1n) is 6.61. The summed E-state index contributed by atoms with van der Waals surface area (Å²) in [5.74, 6) is 0.743. The summed E-state index contributed by atoms with van der Waals surface area (Å²) in [4.78, 5) is 0. The van der Waals surface area contributed by atoms with Gasteiger partial charge in [0.15, 0.2) is 0 Å². The van der Waals surface area contributed by atoms with Crippen LogP contribution in [0.25, 0.3) is 0 Å². The molecule has 0 saturated carbocycles. The summed E-state index contributed by atoms with van der Waals surface area (Å²) in [6.45, 7) is 9.40. The zero-order valence-corrected chi connectivity index (χ0v) is 12.5. The van der Waals surface area contributed by atoms with Crippen LogP contribution >= 0.6 is 0 Å². The SMILES string of the molecule is CCC(CC)CNCCCN(CC)S(C)(=O)=O. The second-order valence-corrected chi connectivity index (χ2v) is 6.48. The van der Waals surface area contributed by atoms with Gasteiger partial charge in [0.2, 0.25) is 10.0 Å². The highest BCUT2D eigenvalue weighted by Gasteiger charge is 2.13. The predicted octanol–water partition coefficient (Wildman–Crippen LogP) is 1.68. The summed E-state index contributed by atoms with van der Waals surface area (Å²) in [5, 5.41) is 3.40. The monoisotopic (exact) mass is 264 g/mol. The van der Waals surface area contributed by atoms with Gasteiger partial charge in [0.25, 0.3) is 0 Å². The van der Waals surface area contributed by atoms with Crippen LogP contribution in [0.5, 0.6) is 0 Å². The molecule has 0 rings (SSSR count). The van der Waals surface area contributed by atoms with E-state index in [9.17, 15) is 8.42 Å². The van der Waals surface area contributed by atoms with Gasteiger partial charge in [-0.15, -0.1) is 0 Å². The van der Waals surface area contributed by atoms with E-state index in [1.807, 2.05) is 6.92 Å².